The Bertz CT molecular complexity index is 733. The van der Waals surface area contributed by atoms with Crippen LogP contribution in [0, 0.1) is 16.7 Å². The second kappa shape index (κ2) is 7.41. The number of hydrogen-bond donors (Lipinski definition) is 1. The molecule has 5 heteroatoms. The number of nitrogens with zero attached hydrogens (tertiary/aromatic N) is 1. The van der Waals surface area contributed by atoms with Crippen molar-refractivity contribution in [2.45, 2.75) is 26.2 Å². The van der Waals surface area contributed by atoms with Gasteiger partial charge in [-0.2, -0.15) is 5.26 Å². The fourth-order valence-corrected chi connectivity index (χ4v) is 3.52. The molecule has 1 aromatic carbocycles. The summed E-state index contributed by atoms with van der Waals surface area (Å²) in [6, 6.07) is 11.8. The van der Waals surface area contributed by atoms with Crippen molar-refractivity contribution in [3.05, 3.63) is 59.8 Å². The summed E-state index contributed by atoms with van der Waals surface area (Å²) in [5.74, 6) is -0.933. The number of carbonyl (C=O) groups excluding carboxylic acids is 1. The quantitative estimate of drug-likeness (QED) is 0.504. The highest BCUT2D eigenvalue weighted by molar-refractivity contribution is 7.80. The summed E-state index contributed by atoms with van der Waals surface area (Å²) in [4.78, 5) is 13.0. The number of ether oxygens (including phenoxy) is 1. The normalized spacial score (nSPS) is 23.2. The first-order valence-corrected chi connectivity index (χ1v) is 8.19. The Hall–Kier alpha value is -2.45. The molecule has 124 valence electrons. The second-order valence-electron chi connectivity index (χ2n) is 5.63. The van der Waals surface area contributed by atoms with Crippen LogP contribution in [0.4, 0.5) is 0 Å². The van der Waals surface area contributed by atoms with Crippen molar-refractivity contribution in [2.24, 2.45) is 5.41 Å². The number of nitriles is 1. The molecule has 1 N–H and O–H groups in total. The van der Waals surface area contributed by atoms with Crippen molar-refractivity contribution in [2.75, 3.05) is 6.61 Å². The zero-order valence-corrected chi connectivity index (χ0v) is 14.7. The molecule has 1 aliphatic heterocycles. The summed E-state index contributed by atoms with van der Waals surface area (Å²) >= 11 is 5.49. The molecule has 1 aliphatic rings. The molecule has 0 radical (unpaired) electrons. The standard InChI is InChI=1S/C19H20N2O2S/c1-4-11-19(12-20)16(14-9-7-6-8-10-14)15(17(22)23-5-2)13(3)21-18(19)24/h4,6-10,16H,1,5,11H2,2-3H3,(H,21,24)/t16-,19-/m0/s1. The van der Waals surface area contributed by atoms with Gasteiger partial charge in [-0.25, -0.2) is 4.79 Å². The van der Waals surface area contributed by atoms with Crippen molar-refractivity contribution >= 4 is 23.2 Å². The lowest BCUT2D eigenvalue weighted by Crippen LogP contribution is -2.48. The van der Waals surface area contributed by atoms with Gasteiger partial charge in [0.2, 0.25) is 0 Å². The first-order chi connectivity index (χ1) is 11.5. The maximum absolute atomic E-state index is 12.6. The Morgan fingerprint density at radius 2 is 2.17 bits per heavy atom. The zero-order chi connectivity index (χ0) is 17.7. The maximum Gasteiger partial charge on any atom is 0.336 e. The van der Waals surface area contributed by atoms with E-state index >= 15 is 0 Å². The summed E-state index contributed by atoms with van der Waals surface area (Å²) in [5.41, 5.74) is 0.856. The van der Waals surface area contributed by atoms with Gasteiger partial charge in [0.05, 0.1) is 18.2 Å². The molecular weight excluding hydrogens is 320 g/mol. The first-order valence-electron chi connectivity index (χ1n) is 7.78. The smallest absolute Gasteiger partial charge is 0.336 e. The minimum Gasteiger partial charge on any atom is -0.463 e. The lowest BCUT2D eigenvalue weighted by molar-refractivity contribution is -0.139. The summed E-state index contributed by atoms with van der Waals surface area (Å²) in [6.45, 7) is 7.57. The first kappa shape index (κ1) is 17.9. The van der Waals surface area contributed by atoms with Crippen molar-refractivity contribution in [3.8, 4) is 6.07 Å². The molecule has 0 aliphatic carbocycles. The zero-order valence-electron chi connectivity index (χ0n) is 13.8. The molecule has 0 aromatic heterocycles. The van der Waals surface area contributed by atoms with Gasteiger partial charge in [-0.05, 0) is 25.8 Å². The monoisotopic (exact) mass is 340 g/mol. The predicted molar refractivity (Wildman–Crippen MR) is 97.1 cm³/mol. The van der Waals surface area contributed by atoms with Gasteiger partial charge in [-0.3, -0.25) is 0 Å². The van der Waals surface area contributed by atoms with Crippen LogP contribution >= 0.6 is 12.2 Å². The SMILES string of the molecule is C=CC[C@@]1(C#N)C(=S)NC(C)=C(C(=O)OCC)[C@@H]1c1ccccc1. The maximum atomic E-state index is 12.6. The number of rotatable bonds is 5. The largest absolute Gasteiger partial charge is 0.463 e. The van der Waals surface area contributed by atoms with E-state index in [1.54, 1.807) is 19.9 Å². The van der Waals surface area contributed by atoms with E-state index in [1.807, 2.05) is 30.3 Å². The van der Waals surface area contributed by atoms with E-state index in [-0.39, 0.29) is 6.61 Å². The van der Waals surface area contributed by atoms with E-state index in [4.69, 9.17) is 17.0 Å². The molecule has 0 amide bonds. The number of allylic oxidation sites excluding steroid dienone is 2. The van der Waals surface area contributed by atoms with Crippen LogP contribution in [0.1, 0.15) is 31.7 Å². The fraction of sp³-hybridized carbons (Fsp3) is 0.316. The number of benzene rings is 1. The van der Waals surface area contributed by atoms with Crippen LogP contribution in [0.2, 0.25) is 0 Å². The van der Waals surface area contributed by atoms with Gasteiger partial charge in [0.25, 0.3) is 0 Å². The highest BCUT2D eigenvalue weighted by Crippen LogP contribution is 2.48. The van der Waals surface area contributed by atoms with Crippen LogP contribution in [0.3, 0.4) is 0 Å². The molecule has 0 saturated heterocycles. The van der Waals surface area contributed by atoms with Gasteiger partial charge < -0.3 is 10.1 Å². The van der Waals surface area contributed by atoms with Crippen molar-refractivity contribution in [3.63, 3.8) is 0 Å². The van der Waals surface area contributed by atoms with Gasteiger partial charge in [0.15, 0.2) is 0 Å². The van der Waals surface area contributed by atoms with E-state index < -0.39 is 17.3 Å². The van der Waals surface area contributed by atoms with Crippen LogP contribution in [-0.2, 0) is 9.53 Å². The van der Waals surface area contributed by atoms with Crippen LogP contribution < -0.4 is 5.32 Å². The van der Waals surface area contributed by atoms with Crippen LogP contribution in [-0.4, -0.2) is 17.6 Å². The topological polar surface area (TPSA) is 62.1 Å². The molecule has 24 heavy (non-hydrogen) atoms. The number of hydrogen-bond acceptors (Lipinski definition) is 4. The van der Waals surface area contributed by atoms with Crippen LogP contribution in [0.15, 0.2) is 54.3 Å². The Kier molecular flexibility index (Phi) is 5.53. The number of nitrogens with one attached hydrogen (secondary N) is 1. The molecule has 0 spiro atoms. The highest BCUT2D eigenvalue weighted by atomic mass is 32.1. The summed E-state index contributed by atoms with van der Waals surface area (Å²) in [5, 5.41) is 13.0. The molecular formula is C19H20N2O2S. The van der Waals surface area contributed by atoms with Gasteiger partial charge >= 0.3 is 5.97 Å². The molecule has 1 heterocycles. The highest BCUT2D eigenvalue weighted by Gasteiger charge is 2.50. The lowest BCUT2D eigenvalue weighted by atomic mass is 9.65. The third-order valence-electron chi connectivity index (χ3n) is 4.19. The molecule has 0 unspecified atom stereocenters. The molecule has 0 fully saturated rings. The molecule has 4 nitrogen and oxygen atoms in total. The van der Waals surface area contributed by atoms with E-state index in [0.29, 0.717) is 22.7 Å². The van der Waals surface area contributed by atoms with E-state index in [0.717, 1.165) is 5.56 Å². The van der Waals surface area contributed by atoms with Gasteiger partial charge in [-0.1, -0.05) is 48.6 Å². The molecule has 0 bridgehead atoms. The minimum atomic E-state index is -1.07. The minimum absolute atomic E-state index is 0.266. The van der Waals surface area contributed by atoms with Gasteiger partial charge in [0, 0.05) is 11.6 Å². The number of thiocarbonyl (C=S) groups is 1. The molecule has 0 saturated carbocycles. The lowest BCUT2D eigenvalue weighted by Gasteiger charge is -2.41. The van der Waals surface area contributed by atoms with Crippen LogP contribution in [0.5, 0.6) is 0 Å². The Morgan fingerprint density at radius 1 is 1.50 bits per heavy atom. The third-order valence-corrected chi connectivity index (χ3v) is 4.65. The van der Waals surface area contributed by atoms with Gasteiger partial charge in [-0.15, -0.1) is 6.58 Å². The van der Waals surface area contributed by atoms with Crippen LogP contribution in [0.25, 0.3) is 0 Å². The fourth-order valence-electron chi connectivity index (χ4n) is 3.12. The van der Waals surface area contributed by atoms with Crippen molar-refractivity contribution < 1.29 is 9.53 Å². The molecule has 2 rings (SSSR count). The summed E-state index contributed by atoms with van der Waals surface area (Å²) in [6.07, 6.45) is 2.00. The molecule has 2 atom stereocenters. The van der Waals surface area contributed by atoms with E-state index in [9.17, 15) is 10.1 Å². The predicted octanol–water partition coefficient (Wildman–Crippen LogP) is 3.62. The summed E-state index contributed by atoms with van der Waals surface area (Å²) < 4.78 is 5.24. The Balaban J connectivity index is 2.73. The van der Waals surface area contributed by atoms with E-state index in [1.165, 1.54) is 0 Å². The average Bonchev–Trinajstić information content (AvgIpc) is 2.58. The second-order valence-corrected chi connectivity index (χ2v) is 6.04. The average molecular weight is 340 g/mol. The third kappa shape index (κ3) is 2.98. The Labute approximate surface area is 147 Å². The summed E-state index contributed by atoms with van der Waals surface area (Å²) in [7, 11) is 0. The Morgan fingerprint density at radius 3 is 2.71 bits per heavy atom. The van der Waals surface area contributed by atoms with Gasteiger partial charge in [0.1, 0.15) is 10.4 Å². The van der Waals surface area contributed by atoms with E-state index in [2.05, 4.69) is 18.0 Å². The van der Waals surface area contributed by atoms with Crippen molar-refractivity contribution in [1.29, 1.82) is 5.26 Å². The number of esters is 1. The molecule has 1 aromatic rings. The number of carbonyl (C=O) groups is 1. The van der Waals surface area contributed by atoms with Crippen molar-refractivity contribution in [1.82, 2.24) is 5.32 Å².